The fraction of sp³-hybridized carbons (Fsp3) is 0.278. The lowest BCUT2D eigenvalue weighted by molar-refractivity contribution is -0.119. The molecule has 1 amide bonds. The predicted molar refractivity (Wildman–Crippen MR) is 99.9 cm³/mol. The molecule has 0 spiro atoms. The molecule has 0 aromatic heterocycles. The van der Waals surface area contributed by atoms with Crippen LogP contribution in [0.4, 0.5) is 11.4 Å². The number of carbonyl (C=O) groups excluding carboxylic acids is 1. The minimum atomic E-state index is -3.64. The zero-order valence-electron chi connectivity index (χ0n) is 14.5. The number of aryl methyl sites for hydroxylation is 1. The Morgan fingerprint density at radius 1 is 0.960 bits per heavy atom. The molecule has 0 aliphatic carbocycles. The van der Waals surface area contributed by atoms with Crippen LogP contribution in [0.3, 0.4) is 0 Å². The Kier molecular flexibility index (Phi) is 5.81. The van der Waals surface area contributed by atoms with Crippen LogP contribution in [0.25, 0.3) is 0 Å². The molecule has 2 atom stereocenters. The molecule has 2 unspecified atom stereocenters. The van der Waals surface area contributed by atoms with Gasteiger partial charge in [0.1, 0.15) is 0 Å². The summed E-state index contributed by atoms with van der Waals surface area (Å²) in [6.45, 7) is 5.42. The molecule has 0 heterocycles. The van der Waals surface area contributed by atoms with Crippen LogP contribution in [-0.2, 0) is 14.8 Å². The van der Waals surface area contributed by atoms with E-state index in [1.807, 2.05) is 6.92 Å². The summed E-state index contributed by atoms with van der Waals surface area (Å²) in [7, 11) is -3.64. The van der Waals surface area contributed by atoms with Gasteiger partial charge in [-0.3, -0.25) is 9.52 Å². The van der Waals surface area contributed by atoms with E-state index < -0.39 is 10.0 Å². The normalized spacial score (nSPS) is 13.8. The summed E-state index contributed by atoms with van der Waals surface area (Å²) in [6, 6.07) is 12.8. The van der Waals surface area contributed by atoms with Crippen LogP contribution in [0.1, 0.15) is 19.4 Å². The number of hydrogen-bond donors (Lipinski definition) is 3. The van der Waals surface area contributed by atoms with Crippen molar-refractivity contribution in [2.24, 2.45) is 11.7 Å². The van der Waals surface area contributed by atoms with E-state index in [9.17, 15) is 13.2 Å². The third-order valence-corrected chi connectivity index (χ3v) is 5.34. The number of nitrogens with one attached hydrogen (secondary N) is 2. The summed E-state index contributed by atoms with van der Waals surface area (Å²) in [5, 5.41) is 2.75. The third kappa shape index (κ3) is 5.04. The second-order valence-electron chi connectivity index (χ2n) is 6.13. The Labute approximate surface area is 148 Å². The van der Waals surface area contributed by atoms with Gasteiger partial charge >= 0.3 is 0 Å². The van der Waals surface area contributed by atoms with Gasteiger partial charge in [-0.1, -0.05) is 24.6 Å². The minimum absolute atomic E-state index is 0.178. The molecule has 0 saturated heterocycles. The number of rotatable bonds is 6. The van der Waals surface area contributed by atoms with Gasteiger partial charge in [-0.2, -0.15) is 0 Å². The first-order chi connectivity index (χ1) is 11.7. The number of sulfonamides is 1. The molecule has 0 fully saturated rings. The van der Waals surface area contributed by atoms with Gasteiger partial charge in [0.15, 0.2) is 0 Å². The zero-order chi connectivity index (χ0) is 18.6. The van der Waals surface area contributed by atoms with Crippen molar-refractivity contribution in [3.8, 4) is 0 Å². The summed E-state index contributed by atoms with van der Waals surface area (Å²) in [5.41, 5.74) is 7.69. The summed E-state index contributed by atoms with van der Waals surface area (Å²) in [6.07, 6.45) is 0. The lowest BCUT2D eigenvalue weighted by Gasteiger charge is -2.15. The highest BCUT2D eigenvalue weighted by Gasteiger charge is 2.17. The molecule has 2 rings (SSSR count). The van der Waals surface area contributed by atoms with Crippen LogP contribution in [0.2, 0.25) is 0 Å². The van der Waals surface area contributed by atoms with Gasteiger partial charge < -0.3 is 11.1 Å². The molecule has 2 aromatic rings. The number of anilines is 2. The van der Waals surface area contributed by atoms with Crippen molar-refractivity contribution in [1.82, 2.24) is 0 Å². The third-order valence-electron chi connectivity index (χ3n) is 3.94. The first kappa shape index (κ1) is 19.0. The van der Waals surface area contributed by atoms with Crippen molar-refractivity contribution in [1.29, 1.82) is 0 Å². The summed E-state index contributed by atoms with van der Waals surface area (Å²) in [5.74, 6) is -0.497. The van der Waals surface area contributed by atoms with E-state index in [4.69, 9.17) is 5.73 Å². The Morgan fingerprint density at radius 3 is 2.00 bits per heavy atom. The zero-order valence-corrected chi connectivity index (χ0v) is 15.3. The topological polar surface area (TPSA) is 101 Å². The lowest BCUT2D eigenvalue weighted by atomic mass is 10.0. The highest BCUT2D eigenvalue weighted by molar-refractivity contribution is 7.92. The lowest BCUT2D eigenvalue weighted by Crippen LogP contribution is -2.34. The van der Waals surface area contributed by atoms with Crippen LogP contribution in [0.5, 0.6) is 0 Å². The molecule has 7 heteroatoms. The Bertz CT molecular complexity index is 829. The fourth-order valence-electron chi connectivity index (χ4n) is 2.05. The predicted octanol–water partition coefficient (Wildman–Crippen LogP) is 2.72. The van der Waals surface area contributed by atoms with Crippen LogP contribution >= 0.6 is 0 Å². The maximum atomic E-state index is 12.3. The molecule has 6 nitrogen and oxygen atoms in total. The first-order valence-electron chi connectivity index (χ1n) is 7.95. The van der Waals surface area contributed by atoms with Gasteiger partial charge in [0, 0.05) is 17.4 Å². The smallest absolute Gasteiger partial charge is 0.261 e. The molecule has 0 saturated carbocycles. The first-order valence-corrected chi connectivity index (χ1v) is 9.43. The van der Waals surface area contributed by atoms with E-state index in [0.717, 1.165) is 5.56 Å². The standard InChI is InChI=1S/C18H23N3O3S/c1-12-4-10-17(11-5-12)25(23,24)21-16-8-6-15(7-9-16)20-18(22)13(2)14(3)19/h4-11,13-14,21H,19H2,1-3H3,(H,20,22). The van der Waals surface area contributed by atoms with E-state index in [1.165, 1.54) is 0 Å². The van der Waals surface area contributed by atoms with Gasteiger partial charge in [0.05, 0.1) is 10.8 Å². The van der Waals surface area contributed by atoms with Crippen molar-refractivity contribution < 1.29 is 13.2 Å². The van der Waals surface area contributed by atoms with Crippen molar-refractivity contribution in [3.63, 3.8) is 0 Å². The largest absolute Gasteiger partial charge is 0.327 e. The molecular formula is C18H23N3O3S. The Hall–Kier alpha value is -2.38. The summed E-state index contributed by atoms with van der Waals surface area (Å²) >= 11 is 0. The van der Waals surface area contributed by atoms with Gasteiger partial charge in [-0.05, 0) is 50.2 Å². The van der Waals surface area contributed by atoms with Crippen molar-refractivity contribution in [2.45, 2.75) is 31.7 Å². The van der Waals surface area contributed by atoms with Gasteiger partial charge in [-0.25, -0.2) is 8.42 Å². The number of amides is 1. The molecule has 0 aliphatic rings. The highest BCUT2D eigenvalue weighted by atomic mass is 32.2. The quantitative estimate of drug-likeness (QED) is 0.736. The van der Waals surface area contributed by atoms with Crippen molar-refractivity contribution in [2.75, 3.05) is 10.0 Å². The monoisotopic (exact) mass is 361 g/mol. The van der Waals surface area contributed by atoms with E-state index >= 15 is 0 Å². The second-order valence-corrected chi connectivity index (χ2v) is 7.82. The Morgan fingerprint density at radius 2 is 1.48 bits per heavy atom. The average Bonchev–Trinajstić information content (AvgIpc) is 2.56. The van der Waals surface area contributed by atoms with E-state index in [2.05, 4.69) is 10.0 Å². The molecule has 4 N–H and O–H groups in total. The summed E-state index contributed by atoms with van der Waals surface area (Å²) < 4.78 is 27.2. The van der Waals surface area contributed by atoms with Gasteiger partial charge in [0.25, 0.3) is 10.0 Å². The number of hydrogen-bond acceptors (Lipinski definition) is 4. The number of carbonyl (C=O) groups is 1. The summed E-state index contributed by atoms with van der Waals surface area (Å²) in [4.78, 5) is 12.2. The van der Waals surface area contributed by atoms with E-state index in [-0.39, 0.29) is 22.8 Å². The molecular weight excluding hydrogens is 338 g/mol. The van der Waals surface area contributed by atoms with Crippen LogP contribution in [-0.4, -0.2) is 20.4 Å². The van der Waals surface area contributed by atoms with Crippen LogP contribution < -0.4 is 15.8 Å². The minimum Gasteiger partial charge on any atom is -0.327 e. The van der Waals surface area contributed by atoms with Crippen LogP contribution in [0.15, 0.2) is 53.4 Å². The van der Waals surface area contributed by atoms with Crippen LogP contribution in [0, 0.1) is 12.8 Å². The maximum absolute atomic E-state index is 12.3. The second kappa shape index (κ2) is 7.67. The fourth-order valence-corrected chi connectivity index (χ4v) is 3.11. The molecule has 0 aliphatic heterocycles. The highest BCUT2D eigenvalue weighted by Crippen LogP contribution is 2.19. The van der Waals surface area contributed by atoms with Crippen molar-refractivity contribution in [3.05, 3.63) is 54.1 Å². The Balaban J connectivity index is 2.07. The van der Waals surface area contributed by atoms with E-state index in [0.29, 0.717) is 11.4 Å². The average molecular weight is 361 g/mol. The maximum Gasteiger partial charge on any atom is 0.261 e. The van der Waals surface area contributed by atoms with Gasteiger partial charge in [0.2, 0.25) is 5.91 Å². The van der Waals surface area contributed by atoms with E-state index in [1.54, 1.807) is 62.4 Å². The molecule has 134 valence electrons. The SMILES string of the molecule is Cc1ccc(S(=O)(=O)Nc2ccc(NC(=O)C(C)C(C)N)cc2)cc1. The molecule has 0 radical (unpaired) electrons. The number of nitrogens with two attached hydrogens (primary N) is 1. The van der Waals surface area contributed by atoms with Gasteiger partial charge in [-0.15, -0.1) is 0 Å². The van der Waals surface area contributed by atoms with Crippen molar-refractivity contribution >= 4 is 27.3 Å². The molecule has 2 aromatic carbocycles. The number of benzene rings is 2. The molecule has 25 heavy (non-hydrogen) atoms. The molecule has 0 bridgehead atoms.